The second-order valence-corrected chi connectivity index (χ2v) is 5.18. The minimum Gasteiger partial charge on any atom is -0.326 e. The van der Waals surface area contributed by atoms with Crippen molar-refractivity contribution in [2.45, 2.75) is 13.8 Å². The van der Waals surface area contributed by atoms with Crippen molar-refractivity contribution in [3.8, 4) is 0 Å². The van der Waals surface area contributed by atoms with Crippen LogP contribution in [0, 0.1) is 12.7 Å². The zero-order valence-electron chi connectivity index (χ0n) is 11.0. The molecule has 0 radical (unpaired) electrons. The molecule has 6 heteroatoms. The second kappa shape index (κ2) is 5.83. The standard InChI is InChI=1S/C14H13FN2O2S/c1-8-5-6-20-13(8)14(19)17-12-7-10(16-9(2)18)3-4-11(12)15/h3-7H,1-2H3,(H,16,18)(H,17,19). The quantitative estimate of drug-likeness (QED) is 0.910. The lowest BCUT2D eigenvalue weighted by molar-refractivity contribution is -0.114. The number of carbonyl (C=O) groups excluding carboxylic acids is 2. The molecule has 2 aromatic rings. The molecule has 0 saturated heterocycles. The van der Waals surface area contributed by atoms with Gasteiger partial charge in [0.05, 0.1) is 10.6 Å². The van der Waals surface area contributed by atoms with E-state index in [1.807, 2.05) is 13.0 Å². The largest absolute Gasteiger partial charge is 0.326 e. The SMILES string of the molecule is CC(=O)Nc1ccc(F)c(NC(=O)c2sccc2C)c1. The third-order valence-electron chi connectivity index (χ3n) is 2.60. The molecule has 0 atom stereocenters. The topological polar surface area (TPSA) is 58.2 Å². The highest BCUT2D eigenvalue weighted by atomic mass is 32.1. The Bertz CT molecular complexity index is 667. The van der Waals surface area contributed by atoms with Gasteiger partial charge in [-0.3, -0.25) is 9.59 Å². The van der Waals surface area contributed by atoms with Crippen LogP contribution in [0.4, 0.5) is 15.8 Å². The van der Waals surface area contributed by atoms with Crippen molar-refractivity contribution in [2.75, 3.05) is 10.6 Å². The Morgan fingerprint density at radius 1 is 1.20 bits per heavy atom. The molecular formula is C14H13FN2O2S. The Kier molecular flexibility index (Phi) is 4.14. The van der Waals surface area contributed by atoms with Crippen LogP contribution >= 0.6 is 11.3 Å². The van der Waals surface area contributed by atoms with Crippen molar-refractivity contribution in [3.63, 3.8) is 0 Å². The number of benzene rings is 1. The van der Waals surface area contributed by atoms with Gasteiger partial charge in [-0.25, -0.2) is 4.39 Å². The maximum absolute atomic E-state index is 13.7. The molecule has 2 N–H and O–H groups in total. The van der Waals surface area contributed by atoms with E-state index in [1.54, 1.807) is 5.38 Å². The van der Waals surface area contributed by atoms with E-state index < -0.39 is 5.82 Å². The lowest BCUT2D eigenvalue weighted by Crippen LogP contribution is -2.13. The number of carbonyl (C=O) groups is 2. The predicted octanol–water partition coefficient (Wildman–Crippen LogP) is 3.41. The highest BCUT2D eigenvalue weighted by Crippen LogP contribution is 2.22. The van der Waals surface area contributed by atoms with Gasteiger partial charge in [0.1, 0.15) is 5.82 Å². The van der Waals surface area contributed by atoms with Crippen molar-refractivity contribution in [2.24, 2.45) is 0 Å². The summed E-state index contributed by atoms with van der Waals surface area (Å²) in [4.78, 5) is 23.5. The normalized spacial score (nSPS) is 10.2. The van der Waals surface area contributed by atoms with E-state index in [2.05, 4.69) is 10.6 Å². The summed E-state index contributed by atoms with van der Waals surface area (Å²) in [6.07, 6.45) is 0. The van der Waals surface area contributed by atoms with Gasteiger partial charge in [-0.2, -0.15) is 0 Å². The van der Waals surface area contributed by atoms with Gasteiger partial charge in [-0.1, -0.05) is 0 Å². The van der Waals surface area contributed by atoms with Gasteiger partial charge in [-0.15, -0.1) is 11.3 Å². The zero-order valence-corrected chi connectivity index (χ0v) is 11.8. The molecule has 0 saturated carbocycles. The van der Waals surface area contributed by atoms with Crippen molar-refractivity contribution in [1.82, 2.24) is 0 Å². The fraction of sp³-hybridized carbons (Fsp3) is 0.143. The number of hydrogen-bond acceptors (Lipinski definition) is 3. The molecule has 1 aromatic carbocycles. The fourth-order valence-corrected chi connectivity index (χ4v) is 2.51. The number of nitrogens with one attached hydrogen (secondary N) is 2. The summed E-state index contributed by atoms with van der Waals surface area (Å²) < 4.78 is 13.7. The average Bonchev–Trinajstić information content (AvgIpc) is 2.79. The third kappa shape index (κ3) is 3.21. The number of rotatable bonds is 3. The van der Waals surface area contributed by atoms with E-state index in [0.717, 1.165) is 5.56 Å². The van der Waals surface area contributed by atoms with E-state index in [4.69, 9.17) is 0 Å². The molecule has 0 aliphatic rings. The van der Waals surface area contributed by atoms with E-state index in [9.17, 15) is 14.0 Å². The van der Waals surface area contributed by atoms with Gasteiger partial charge in [0, 0.05) is 12.6 Å². The third-order valence-corrected chi connectivity index (χ3v) is 3.62. The first kappa shape index (κ1) is 14.2. The molecule has 0 unspecified atom stereocenters. The van der Waals surface area contributed by atoms with Gasteiger partial charge in [0.15, 0.2) is 0 Å². The summed E-state index contributed by atoms with van der Waals surface area (Å²) >= 11 is 1.29. The molecule has 2 amide bonds. The Morgan fingerprint density at radius 2 is 1.95 bits per heavy atom. The summed E-state index contributed by atoms with van der Waals surface area (Å²) in [5.74, 6) is -1.18. The Morgan fingerprint density at radius 3 is 2.55 bits per heavy atom. The zero-order chi connectivity index (χ0) is 14.7. The molecule has 104 valence electrons. The molecule has 0 spiro atoms. The highest BCUT2D eigenvalue weighted by molar-refractivity contribution is 7.12. The summed E-state index contributed by atoms with van der Waals surface area (Å²) in [5, 5.41) is 6.85. The van der Waals surface area contributed by atoms with Crippen LogP contribution in [0.5, 0.6) is 0 Å². The van der Waals surface area contributed by atoms with Gasteiger partial charge in [-0.05, 0) is 42.1 Å². The molecule has 0 fully saturated rings. The van der Waals surface area contributed by atoms with E-state index in [0.29, 0.717) is 10.6 Å². The predicted molar refractivity (Wildman–Crippen MR) is 77.7 cm³/mol. The smallest absolute Gasteiger partial charge is 0.266 e. The van der Waals surface area contributed by atoms with Crippen molar-refractivity contribution in [1.29, 1.82) is 0 Å². The number of halogens is 1. The van der Waals surface area contributed by atoms with Crippen LogP contribution in [0.2, 0.25) is 0 Å². The maximum Gasteiger partial charge on any atom is 0.266 e. The lowest BCUT2D eigenvalue weighted by atomic mass is 10.2. The molecule has 20 heavy (non-hydrogen) atoms. The number of aryl methyl sites for hydroxylation is 1. The van der Waals surface area contributed by atoms with Gasteiger partial charge < -0.3 is 10.6 Å². The number of hydrogen-bond donors (Lipinski definition) is 2. The number of thiophene rings is 1. The molecule has 0 aliphatic carbocycles. The first-order valence-corrected chi connectivity index (χ1v) is 6.78. The van der Waals surface area contributed by atoms with E-state index in [-0.39, 0.29) is 17.5 Å². The Labute approximate surface area is 119 Å². The summed E-state index contributed by atoms with van der Waals surface area (Å²) in [6, 6.07) is 5.84. The molecule has 2 rings (SSSR count). The van der Waals surface area contributed by atoms with Crippen LogP contribution in [0.15, 0.2) is 29.6 Å². The summed E-state index contributed by atoms with van der Waals surface area (Å²) in [7, 11) is 0. The number of amides is 2. The average molecular weight is 292 g/mol. The molecule has 1 heterocycles. The minimum atomic E-state index is -0.554. The van der Waals surface area contributed by atoms with Crippen molar-refractivity contribution >= 4 is 34.5 Å². The van der Waals surface area contributed by atoms with E-state index in [1.165, 1.54) is 36.5 Å². The first-order chi connectivity index (χ1) is 9.47. The molecular weight excluding hydrogens is 279 g/mol. The number of anilines is 2. The highest BCUT2D eigenvalue weighted by Gasteiger charge is 2.13. The molecule has 1 aromatic heterocycles. The Balaban J connectivity index is 2.22. The Hall–Kier alpha value is -2.21. The first-order valence-electron chi connectivity index (χ1n) is 5.90. The van der Waals surface area contributed by atoms with Crippen molar-refractivity contribution < 1.29 is 14.0 Å². The van der Waals surface area contributed by atoms with Crippen LogP contribution < -0.4 is 10.6 Å². The minimum absolute atomic E-state index is 0.0362. The fourth-order valence-electron chi connectivity index (χ4n) is 1.69. The van der Waals surface area contributed by atoms with E-state index >= 15 is 0 Å². The van der Waals surface area contributed by atoms with Crippen LogP contribution in [-0.2, 0) is 4.79 Å². The molecule has 4 nitrogen and oxygen atoms in total. The van der Waals surface area contributed by atoms with Crippen LogP contribution in [-0.4, -0.2) is 11.8 Å². The lowest BCUT2D eigenvalue weighted by Gasteiger charge is -2.09. The summed E-state index contributed by atoms with van der Waals surface area (Å²) in [5.41, 5.74) is 1.30. The van der Waals surface area contributed by atoms with Gasteiger partial charge >= 0.3 is 0 Å². The molecule has 0 aliphatic heterocycles. The van der Waals surface area contributed by atoms with Crippen LogP contribution in [0.1, 0.15) is 22.2 Å². The monoisotopic (exact) mass is 292 g/mol. The second-order valence-electron chi connectivity index (χ2n) is 4.26. The van der Waals surface area contributed by atoms with Gasteiger partial charge in [0.2, 0.25) is 5.91 Å². The van der Waals surface area contributed by atoms with Gasteiger partial charge in [0.25, 0.3) is 5.91 Å². The summed E-state index contributed by atoms with van der Waals surface area (Å²) in [6.45, 7) is 3.17. The van der Waals surface area contributed by atoms with Crippen LogP contribution in [0.25, 0.3) is 0 Å². The van der Waals surface area contributed by atoms with Crippen LogP contribution in [0.3, 0.4) is 0 Å². The van der Waals surface area contributed by atoms with Crippen molar-refractivity contribution in [3.05, 3.63) is 45.9 Å². The maximum atomic E-state index is 13.7. The molecule has 0 bridgehead atoms.